The van der Waals surface area contributed by atoms with Crippen LogP contribution in [0.15, 0.2) is 101 Å². The van der Waals surface area contributed by atoms with Crippen molar-refractivity contribution in [3.63, 3.8) is 0 Å². The Morgan fingerprint density at radius 3 is 2.00 bits per heavy atom. The third-order valence-corrected chi connectivity index (χ3v) is 5.49. The van der Waals surface area contributed by atoms with Gasteiger partial charge in [0.05, 0.1) is 6.21 Å². The number of carbonyl (C=O) groups excluding carboxylic acids is 2. The van der Waals surface area contributed by atoms with E-state index in [1.807, 2.05) is 73.7 Å². The molecule has 0 heterocycles. The molecule has 3 aromatic rings. The van der Waals surface area contributed by atoms with E-state index in [9.17, 15) is 9.59 Å². The summed E-state index contributed by atoms with van der Waals surface area (Å²) in [5.74, 6) is -0.892. The zero-order chi connectivity index (χ0) is 25.8. The highest BCUT2D eigenvalue weighted by Gasteiger charge is 2.14. The molecule has 3 aromatic carbocycles. The first-order valence-corrected chi connectivity index (χ1v) is 12.0. The summed E-state index contributed by atoms with van der Waals surface area (Å²) in [7, 11) is 0. The molecule has 0 aliphatic rings. The van der Waals surface area contributed by atoms with Crippen molar-refractivity contribution in [1.29, 1.82) is 0 Å². The smallest absolute Gasteiger partial charge is 0.287 e. The summed E-state index contributed by atoms with van der Waals surface area (Å²) in [6, 6.07) is 26.5. The average molecular weight is 481 g/mol. The van der Waals surface area contributed by atoms with E-state index >= 15 is 0 Å². The topological polar surface area (TPSA) is 73.8 Å². The Balaban J connectivity index is 1.79. The zero-order valence-electron chi connectivity index (χ0n) is 20.9. The molecule has 36 heavy (non-hydrogen) atoms. The van der Waals surface area contributed by atoms with Gasteiger partial charge in [0.15, 0.2) is 0 Å². The van der Waals surface area contributed by atoms with Crippen LogP contribution < -0.4 is 15.6 Å². The first kappa shape index (κ1) is 26.2. The molecule has 0 unspecified atom stereocenters. The molecule has 0 atom stereocenters. The number of amides is 2. The lowest BCUT2D eigenvalue weighted by Crippen LogP contribution is -2.32. The molecule has 0 aliphatic carbocycles. The van der Waals surface area contributed by atoms with Gasteiger partial charge < -0.3 is 10.2 Å². The van der Waals surface area contributed by atoms with E-state index in [0.29, 0.717) is 5.56 Å². The molecule has 0 saturated carbocycles. The number of hydrogen-bond donors (Lipinski definition) is 2. The highest BCUT2D eigenvalue weighted by Crippen LogP contribution is 2.17. The highest BCUT2D eigenvalue weighted by atomic mass is 16.2. The quantitative estimate of drug-likeness (QED) is 0.228. The molecule has 6 heteroatoms. The van der Waals surface area contributed by atoms with Gasteiger partial charge in [-0.1, -0.05) is 66.7 Å². The van der Waals surface area contributed by atoms with Crippen LogP contribution in [0.25, 0.3) is 12.2 Å². The van der Waals surface area contributed by atoms with Crippen LogP contribution in [0.1, 0.15) is 42.3 Å². The van der Waals surface area contributed by atoms with Gasteiger partial charge in [-0.2, -0.15) is 5.10 Å². The summed E-state index contributed by atoms with van der Waals surface area (Å²) < 4.78 is 0. The number of hydrogen-bond acceptors (Lipinski definition) is 4. The Bertz CT molecular complexity index is 1230. The van der Waals surface area contributed by atoms with Crippen molar-refractivity contribution in [1.82, 2.24) is 10.7 Å². The van der Waals surface area contributed by atoms with Crippen molar-refractivity contribution in [2.75, 3.05) is 18.0 Å². The third kappa shape index (κ3) is 7.81. The molecule has 0 saturated heterocycles. The van der Waals surface area contributed by atoms with Gasteiger partial charge in [0.2, 0.25) is 0 Å². The molecule has 0 fully saturated rings. The number of nitrogens with one attached hydrogen (secondary N) is 2. The number of anilines is 1. The molecule has 0 spiro atoms. The minimum Gasteiger partial charge on any atom is -0.372 e. The maximum Gasteiger partial charge on any atom is 0.287 e. The Hall–Kier alpha value is -4.45. The summed E-state index contributed by atoms with van der Waals surface area (Å²) in [6.45, 7) is 7.92. The van der Waals surface area contributed by atoms with E-state index < -0.39 is 5.91 Å². The monoisotopic (exact) mass is 480 g/mol. The average Bonchev–Trinajstić information content (AvgIpc) is 2.91. The van der Waals surface area contributed by atoms with Crippen molar-refractivity contribution in [3.8, 4) is 0 Å². The summed E-state index contributed by atoms with van der Waals surface area (Å²) in [5.41, 5.74) is 6.87. The fourth-order valence-corrected chi connectivity index (χ4v) is 3.58. The number of allylic oxidation sites excluding steroid dienone is 1. The van der Waals surface area contributed by atoms with Crippen LogP contribution in [0, 0.1) is 0 Å². The standard InChI is InChI=1S/C30H32N4O2/c1-4-34(5-2)27-18-16-25(17-19-27)21-28(32-29(35)26-14-10-7-11-15-26)30(36)33-31-22-23(3)20-24-12-8-6-9-13-24/h6-22H,4-5H2,1-3H3,(H,32,35)(H,33,36)/b23-20+,28-21-,31-22+. The van der Waals surface area contributed by atoms with E-state index in [1.165, 1.54) is 0 Å². The second kappa shape index (κ2) is 13.4. The lowest BCUT2D eigenvalue weighted by atomic mass is 10.1. The van der Waals surface area contributed by atoms with Gasteiger partial charge in [0.25, 0.3) is 11.8 Å². The third-order valence-electron chi connectivity index (χ3n) is 5.49. The van der Waals surface area contributed by atoms with E-state index in [-0.39, 0.29) is 11.6 Å². The van der Waals surface area contributed by atoms with E-state index in [4.69, 9.17) is 0 Å². The van der Waals surface area contributed by atoms with Gasteiger partial charge in [-0.3, -0.25) is 9.59 Å². The fraction of sp³-hybridized carbons (Fsp3) is 0.167. The van der Waals surface area contributed by atoms with E-state index in [1.54, 1.807) is 36.6 Å². The molecule has 3 rings (SSSR count). The minimum absolute atomic E-state index is 0.0984. The first-order valence-electron chi connectivity index (χ1n) is 12.0. The Morgan fingerprint density at radius 2 is 1.39 bits per heavy atom. The first-order chi connectivity index (χ1) is 17.5. The van der Waals surface area contributed by atoms with Crippen LogP contribution in [-0.4, -0.2) is 31.1 Å². The Labute approximate surface area is 213 Å². The zero-order valence-corrected chi connectivity index (χ0v) is 20.9. The van der Waals surface area contributed by atoms with E-state index in [0.717, 1.165) is 35.5 Å². The van der Waals surface area contributed by atoms with Crippen LogP contribution in [0.4, 0.5) is 5.69 Å². The Kier molecular flexibility index (Phi) is 9.77. The van der Waals surface area contributed by atoms with E-state index in [2.05, 4.69) is 34.6 Å². The van der Waals surface area contributed by atoms with Crippen molar-refractivity contribution in [3.05, 3.63) is 113 Å². The van der Waals surface area contributed by atoms with Crippen molar-refractivity contribution in [2.24, 2.45) is 5.10 Å². The molecule has 0 aliphatic heterocycles. The van der Waals surface area contributed by atoms with Gasteiger partial charge in [-0.25, -0.2) is 5.43 Å². The SMILES string of the molecule is CCN(CC)c1ccc(/C=C(\NC(=O)c2ccccc2)C(=O)N/N=C/C(C)=C/c2ccccc2)cc1. The fourth-order valence-electron chi connectivity index (χ4n) is 3.58. The van der Waals surface area contributed by atoms with Crippen molar-refractivity contribution in [2.45, 2.75) is 20.8 Å². The minimum atomic E-state index is -0.518. The number of hydrazone groups is 1. The predicted octanol–water partition coefficient (Wildman–Crippen LogP) is 5.51. The molecule has 0 bridgehead atoms. The molecule has 6 nitrogen and oxygen atoms in total. The lowest BCUT2D eigenvalue weighted by molar-refractivity contribution is -0.117. The van der Waals surface area contributed by atoms with Crippen LogP contribution >= 0.6 is 0 Å². The summed E-state index contributed by atoms with van der Waals surface area (Å²) in [5, 5.41) is 6.81. The number of nitrogens with zero attached hydrogens (tertiary/aromatic N) is 2. The van der Waals surface area contributed by atoms with Crippen LogP contribution in [0.2, 0.25) is 0 Å². The molecule has 184 valence electrons. The maximum absolute atomic E-state index is 13.0. The van der Waals surface area contributed by atoms with Crippen molar-refractivity contribution < 1.29 is 9.59 Å². The maximum atomic E-state index is 13.0. The largest absolute Gasteiger partial charge is 0.372 e. The summed E-state index contributed by atoms with van der Waals surface area (Å²) in [6.07, 6.45) is 5.17. The number of carbonyl (C=O) groups is 2. The highest BCUT2D eigenvalue weighted by molar-refractivity contribution is 6.05. The van der Waals surface area contributed by atoms with Crippen LogP contribution in [0.5, 0.6) is 0 Å². The second-order valence-corrected chi connectivity index (χ2v) is 8.14. The Morgan fingerprint density at radius 1 is 0.806 bits per heavy atom. The molecule has 2 amide bonds. The van der Waals surface area contributed by atoms with Gasteiger partial charge in [-0.15, -0.1) is 0 Å². The van der Waals surface area contributed by atoms with Gasteiger partial charge in [0.1, 0.15) is 5.70 Å². The molecule has 2 N–H and O–H groups in total. The molecule has 0 aromatic heterocycles. The van der Waals surface area contributed by atoms with Crippen molar-refractivity contribution >= 4 is 35.9 Å². The van der Waals surface area contributed by atoms with Gasteiger partial charge in [0, 0.05) is 24.3 Å². The molecular weight excluding hydrogens is 448 g/mol. The molecule has 0 radical (unpaired) electrons. The lowest BCUT2D eigenvalue weighted by Gasteiger charge is -2.20. The predicted molar refractivity (Wildman–Crippen MR) is 149 cm³/mol. The van der Waals surface area contributed by atoms with Gasteiger partial charge >= 0.3 is 0 Å². The van der Waals surface area contributed by atoms with Gasteiger partial charge in [-0.05, 0) is 67.8 Å². The number of rotatable bonds is 10. The summed E-state index contributed by atoms with van der Waals surface area (Å²) >= 11 is 0. The van der Waals surface area contributed by atoms with Crippen LogP contribution in [-0.2, 0) is 4.79 Å². The normalized spacial score (nSPS) is 11.9. The summed E-state index contributed by atoms with van der Waals surface area (Å²) in [4.78, 5) is 28.0. The van der Waals surface area contributed by atoms with Crippen LogP contribution in [0.3, 0.4) is 0 Å². The molecular formula is C30H32N4O2. The number of benzene rings is 3. The second-order valence-electron chi connectivity index (χ2n) is 8.14.